The van der Waals surface area contributed by atoms with Crippen LogP contribution in [0.3, 0.4) is 0 Å². The highest BCUT2D eigenvalue weighted by molar-refractivity contribution is 6.01. The van der Waals surface area contributed by atoms with E-state index in [1.165, 1.54) is 10.5 Å². The number of imide groups is 1. The number of nitrogens with zero attached hydrogens (tertiary/aromatic N) is 1. The predicted molar refractivity (Wildman–Crippen MR) is 84.9 cm³/mol. The van der Waals surface area contributed by atoms with Crippen molar-refractivity contribution < 1.29 is 9.59 Å². The molecule has 6 nitrogen and oxygen atoms in total. The topological polar surface area (TPSA) is 73.5 Å². The molecule has 1 saturated heterocycles. The van der Waals surface area contributed by atoms with Crippen LogP contribution in [0.5, 0.6) is 0 Å². The Kier molecular flexibility index (Phi) is 6.12. The molecule has 3 amide bonds. The standard InChI is InChI=1S/C16H22N4O2/c1-13(14-8-4-2-5-9-14)19-17-10-6-3-7-11-20-12-15(21)18-16(20)22/h2-5,7-9,13,17,19H,6,10-12H2,1H3,(H,18,21,22)/b7-3+. The smallest absolute Gasteiger partial charge is 0.311 e. The average molecular weight is 302 g/mol. The summed E-state index contributed by atoms with van der Waals surface area (Å²) in [7, 11) is 0. The highest BCUT2D eigenvalue weighted by atomic mass is 16.2. The van der Waals surface area contributed by atoms with Gasteiger partial charge in [0.25, 0.3) is 0 Å². The van der Waals surface area contributed by atoms with Crippen molar-refractivity contribution in [2.45, 2.75) is 19.4 Å². The van der Waals surface area contributed by atoms with Crippen LogP contribution in [0, 0.1) is 0 Å². The summed E-state index contributed by atoms with van der Waals surface area (Å²) in [6, 6.07) is 10.1. The largest absolute Gasteiger partial charge is 0.324 e. The highest BCUT2D eigenvalue weighted by Gasteiger charge is 2.24. The molecular formula is C16H22N4O2. The number of hydrogen-bond acceptors (Lipinski definition) is 4. The molecule has 1 fully saturated rings. The van der Waals surface area contributed by atoms with E-state index in [9.17, 15) is 9.59 Å². The SMILES string of the molecule is CC(NNCC/C=C/CN1CC(=O)NC1=O)c1ccccc1. The molecule has 0 aliphatic carbocycles. The predicted octanol–water partition coefficient (Wildman–Crippen LogP) is 1.34. The van der Waals surface area contributed by atoms with Crippen molar-refractivity contribution >= 4 is 11.9 Å². The minimum absolute atomic E-state index is 0.150. The normalized spacial score (nSPS) is 16.3. The lowest BCUT2D eigenvalue weighted by Crippen LogP contribution is -2.34. The fraction of sp³-hybridized carbons (Fsp3) is 0.375. The number of benzene rings is 1. The number of urea groups is 1. The van der Waals surface area contributed by atoms with Crippen molar-refractivity contribution in [3.05, 3.63) is 48.0 Å². The van der Waals surface area contributed by atoms with Gasteiger partial charge in [0.15, 0.2) is 0 Å². The molecule has 3 N–H and O–H groups in total. The van der Waals surface area contributed by atoms with Crippen LogP contribution in [-0.2, 0) is 4.79 Å². The first-order valence-corrected chi connectivity index (χ1v) is 7.44. The van der Waals surface area contributed by atoms with Crippen LogP contribution >= 0.6 is 0 Å². The number of hydrogen-bond donors (Lipinski definition) is 3. The van der Waals surface area contributed by atoms with Crippen molar-refractivity contribution in [3.8, 4) is 0 Å². The first-order valence-electron chi connectivity index (χ1n) is 7.44. The molecule has 0 radical (unpaired) electrons. The Bertz CT molecular complexity index is 530. The zero-order valence-electron chi connectivity index (χ0n) is 12.7. The molecule has 0 aromatic heterocycles. The van der Waals surface area contributed by atoms with Crippen molar-refractivity contribution in [2.75, 3.05) is 19.6 Å². The Morgan fingerprint density at radius 2 is 2.05 bits per heavy atom. The van der Waals surface area contributed by atoms with Crippen LogP contribution < -0.4 is 16.2 Å². The highest BCUT2D eigenvalue weighted by Crippen LogP contribution is 2.09. The maximum Gasteiger partial charge on any atom is 0.324 e. The molecule has 0 saturated carbocycles. The summed E-state index contributed by atoms with van der Waals surface area (Å²) < 4.78 is 0. The molecule has 1 aromatic rings. The van der Waals surface area contributed by atoms with Crippen LogP contribution in [0.25, 0.3) is 0 Å². The molecule has 1 unspecified atom stereocenters. The van der Waals surface area contributed by atoms with Gasteiger partial charge in [-0.15, -0.1) is 0 Å². The van der Waals surface area contributed by atoms with Gasteiger partial charge in [0, 0.05) is 19.1 Å². The van der Waals surface area contributed by atoms with Gasteiger partial charge in [-0.2, -0.15) is 0 Å². The molecule has 118 valence electrons. The number of rotatable bonds is 8. The molecule has 1 aliphatic heterocycles. The fourth-order valence-electron chi connectivity index (χ4n) is 2.16. The Hall–Kier alpha value is -2.18. The summed E-state index contributed by atoms with van der Waals surface area (Å²) in [6.45, 7) is 3.50. The monoisotopic (exact) mass is 302 g/mol. The average Bonchev–Trinajstić information content (AvgIpc) is 2.84. The zero-order valence-corrected chi connectivity index (χ0v) is 12.7. The van der Waals surface area contributed by atoms with E-state index in [0.717, 1.165) is 13.0 Å². The van der Waals surface area contributed by atoms with E-state index in [2.05, 4.69) is 35.2 Å². The summed E-state index contributed by atoms with van der Waals surface area (Å²) in [6.07, 6.45) is 4.75. The maximum atomic E-state index is 11.3. The van der Waals surface area contributed by atoms with Crippen molar-refractivity contribution in [1.82, 2.24) is 21.1 Å². The minimum atomic E-state index is -0.314. The van der Waals surface area contributed by atoms with Crippen LogP contribution in [0.4, 0.5) is 4.79 Å². The number of nitrogens with one attached hydrogen (secondary N) is 3. The summed E-state index contributed by atoms with van der Waals surface area (Å²) in [5.74, 6) is -0.237. The molecule has 1 aliphatic rings. The molecule has 0 bridgehead atoms. The second-order valence-corrected chi connectivity index (χ2v) is 5.20. The Morgan fingerprint density at radius 3 is 2.73 bits per heavy atom. The fourth-order valence-corrected chi connectivity index (χ4v) is 2.16. The number of amides is 3. The molecule has 22 heavy (non-hydrogen) atoms. The van der Waals surface area contributed by atoms with Crippen LogP contribution in [0.2, 0.25) is 0 Å². The van der Waals surface area contributed by atoms with Gasteiger partial charge in [0.1, 0.15) is 6.54 Å². The lowest BCUT2D eigenvalue weighted by molar-refractivity contribution is -0.118. The number of carbonyl (C=O) groups is 2. The lowest BCUT2D eigenvalue weighted by Gasteiger charge is -2.14. The van der Waals surface area contributed by atoms with Crippen LogP contribution in [0.1, 0.15) is 24.9 Å². The number of hydrazine groups is 1. The summed E-state index contributed by atoms with van der Waals surface area (Å²) in [4.78, 5) is 23.8. The van der Waals surface area contributed by atoms with E-state index in [1.54, 1.807) is 0 Å². The van der Waals surface area contributed by atoms with Crippen LogP contribution in [-0.4, -0.2) is 36.5 Å². The van der Waals surface area contributed by atoms with E-state index in [0.29, 0.717) is 6.54 Å². The van der Waals surface area contributed by atoms with Crippen LogP contribution in [0.15, 0.2) is 42.5 Å². The van der Waals surface area contributed by atoms with Crippen molar-refractivity contribution in [1.29, 1.82) is 0 Å². The van der Waals surface area contributed by atoms with Gasteiger partial charge >= 0.3 is 6.03 Å². The second kappa shape index (κ2) is 8.31. The van der Waals surface area contributed by atoms with E-state index in [4.69, 9.17) is 0 Å². The van der Waals surface area contributed by atoms with Gasteiger partial charge in [-0.05, 0) is 18.9 Å². The molecular weight excluding hydrogens is 280 g/mol. The van der Waals surface area contributed by atoms with Crippen molar-refractivity contribution in [3.63, 3.8) is 0 Å². The number of carbonyl (C=O) groups excluding carboxylic acids is 2. The quantitative estimate of drug-likeness (QED) is 0.293. The molecule has 1 atom stereocenters. The molecule has 1 heterocycles. The van der Waals surface area contributed by atoms with Gasteiger partial charge < -0.3 is 4.90 Å². The summed E-state index contributed by atoms with van der Waals surface area (Å²) in [5, 5.41) is 2.25. The molecule has 0 spiro atoms. The first-order chi connectivity index (χ1) is 10.7. The van der Waals surface area contributed by atoms with E-state index in [-0.39, 0.29) is 24.5 Å². The van der Waals surface area contributed by atoms with Gasteiger partial charge in [-0.1, -0.05) is 42.5 Å². The molecule has 2 rings (SSSR count). The lowest BCUT2D eigenvalue weighted by atomic mass is 10.1. The minimum Gasteiger partial charge on any atom is -0.311 e. The molecule has 1 aromatic carbocycles. The zero-order chi connectivity index (χ0) is 15.8. The third-order valence-electron chi connectivity index (χ3n) is 3.41. The summed E-state index contributed by atoms with van der Waals surface area (Å²) >= 11 is 0. The third kappa shape index (κ3) is 4.98. The van der Waals surface area contributed by atoms with E-state index in [1.807, 2.05) is 30.4 Å². The Balaban J connectivity index is 1.56. The van der Waals surface area contributed by atoms with Gasteiger partial charge in [0.05, 0.1) is 0 Å². The maximum absolute atomic E-state index is 11.3. The second-order valence-electron chi connectivity index (χ2n) is 5.20. The van der Waals surface area contributed by atoms with Gasteiger partial charge in [-0.25, -0.2) is 4.79 Å². The van der Waals surface area contributed by atoms with E-state index >= 15 is 0 Å². The van der Waals surface area contributed by atoms with Gasteiger partial charge in [-0.3, -0.25) is 21.0 Å². The van der Waals surface area contributed by atoms with E-state index < -0.39 is 0 Å². The van der Waals surface area contributed by atoms with Gasteiger partial charge in [0.2, 0.25) is 5.91 Å². The Labute approximate surface area is 130 Å². The van der Waals surface area contributed by atoms with Crippen molar-refractivity contribution in [2.24, 2.45) is 0 Å². The Morgan fingerprint density at radius 1 is 1.27 bits per heavy atom. The third-order valence-corrected chi connectivity index (χ3v) is 3.41. The summed E-state index contributed by atoms with van der Waals surface area (Å²) in [5.41, 5.74) is 7.65. The molecule has 6 heteroatoms. The first kappa shape index (κ1) is 16.2.